The third-order valence-corrected chi connectivity index (χ3v) is 5.90. The van der Waals surface area contributed by atoms with Crippen molar-refractivity contribution in [3.63, 3.8) is 0 Å². The van der Waals surface area contributed by atoms with Crippen LogP contribution < -0.4 is 0 Å². The van der Waals surface area contributed by atoms with Gasteiger partial charge in [0.1, 0.15) is 0 Å². The molecule has 1 heterocycles. The van der Waals surface area contributed by atoms with Crippen molar-refractivity contribution in [2.24, 2.45) is 5.92 Å². The van der Waals surface area contributed by atoms with Crippen molar-refractivity contribution >= 4 is 22.0 Å². The second-order valence-electron chi connectivity index (χ2n) is 6.10. The van der Waals surface area contributed by atoms with E-state index in [0.717, 1.165) is 5.56 Å². The van der Waals surface area contributed by atoms with Gasteiger partial charge < -0.3 is 4.90 Å². The Morgan fingerprint density at radius 2 is 1.96 bits per heavy atom. The van der Waals surface area contributed by atoms with E-state index in [2.05, 4.69) is 0 Å². The summed E-state index contributed by atoms with van der Waals surface area (Å²) in [5.74, 6) is -0.180. The number of benzene rings is 1. The second-order valence-corrected chi connectivity index (χ2v) is 7.92. The quantitative estimate of drug-likeness (QED) is 0.777. The zero-order valence-electron chi connectivity index (χ0n) is 14.3. The summed E-state index contributed by atoms with van der Waals surface area (Å²) < 4.78 is 26.3. The van der Waals surface area contributed by atoms with E-state index < -0.39 is 10.0 Å². The molecule has 25 heavy (non-hydrogen) atoms. The standard InChI is InChI=1S/C18H23N3O3S/c1-20(12-5-11-19)18(22)17-8-13-21(14-9-17)25(23,24)15-10-16-6-3-2-4-7-16/h2-4,6-7,10,15,17H,5,8-9,12-14H2,1H3. The third kappa shape index (κ3) is 5.41. The van der Waals surface area contributed by atoms with Gasteiger partial charge in [0.2, 0.25) is 15.9 Å². The second kappa shape index (κ2) is 8.79. The Balaban J connectivity index is 1.91. The molecule has 1 aromatic carbocycles. The molecule has 1 aliphatic heterocycles. The molecular formula is C18H23N3O3S. The normalized spacial score (nSPS) is 16.6. The van der Waals surface area contributed by atoms with Crippen molar-refractivity contribution in [2.75, 3.05) is 26.7 Å². The van der Waals surface area contributed by atoms with E-state index in [0.29, 0.717) is 38.9 Å². The van der Waals surface area contributed by atoms with Crippen LogP contribution in [0, 0.1) is 17.2 Å². The SMILES string of the molecule is CN(CCC#N)C(=O)C1CCN(S(=O)(=O)C=Cc2ccccc2)CC1. The van der Waals surface area contributed by atoms with Crippen molar-refractivity contribution in [3.05, 3.63) is 41.3 Å². The van der Waals surface area contributed by atoms with Crippen LogP contribution in [0.3, 0.4) is 0 Å². The molecule has 6 nitrogen and oxygen atoms in total. The third-order valence-electron chi connectivity index (χ3n) is 4.33. The highest BCUT2D eigenvalue weighted by atomic mass is 32.2. The van der Waals surface area contributed by atoms with Gasteiger partial charge in [-0.05, 0) is 24.5 Å². The fourth-order valence-corrected chi connectivity index (χ4v) is 4.03. The van der Waals surface area contributed by atoms with Crippen LogP contribution in [0.4, 0.5) is 0 Å². The van der Waals surface area contributed by atoms with E-state index in [1.54, 1.807) is 18.0 Å². The van der Waals surface area contributed by atoms with Gasteiger partial charge in [-0.2, -0.15) is 9.57 Å². The minimum atomic E-state index is -3.48. The molecule has 0 aromatic heterocycles. The molecule has 134 valence electrons. The molecule has 0 bridgehead atoms. The van der Waals surface area contributed by atoms with Gasteiger partial charge in [-0.25, -0.2) is 8.42 Å². The average molecular weight is 361 g/mol. The first-order valence-electron chi connectivity index (χ1n) is 8.29. The Hall–Kier alpha value is -2.17. The fraction of sp³-hybridized carbons (Fsp3) is 0.444. The number of hydrogen-bond donors (Lipinski definition) is 0. The van der Waals surface area contributed by atoms with E-state index >= 15 is 0 Å². The maximum Gasteiger partial charge on any atom is 0.236 e. The summed E-state index contributed by atoms with van der Waals surface area (Å²) in [6.07, 6.45) is 2.91. The first-order valence-corrected chi connectivity index (χ1v) is 9.79. The minimum Gasteiger partial charge on any atom is -0.344 e. The van der Waals surface area contributed by atoms with E-state index in [1.807, 2.05) is 36.4 Å². The van der Waals surface area contributed by atoms with Gasteiger partial charge in [-0.1, -0.05) is 30.3 Å². The molecule has 7 heteroatoms. The Morgan fingerprint density at radius 1 is 1.32 bits per heavy atom. The number of nitrogens with zero attached hydrogens (tertiary/aromatic N) is 3. The zero-order valence-corrected chi connectivity index (χ0v) is 15.2. The highest BCUT2D eigenvalue weighted by Crippen LogP contribution is 2.22. The first-order chi connectivity index (χ1) is 11.9. The Bertz CT molecular complexity index is 746. The maximum absolute atomic E-state index is 12.4. The van der Waals surface area contributed by atoms with Gasteiger partial charge in [0.05, 0.1) is 12.5 Å². The fourth-order valence-electron chi connectivity index (χ4n) is 2.81. The molecule has 0 unspecified atom stereocenters. The van der Waals surface area contributed by atoms with Gasteiger partial charge in [0, 0.05) is 38.0 Å². The molecule has 0 spiro atoms. The number of rotatable bonds is 6. The van der Waals surface area contributed by atoms with Crippen molar-refractivity contribution < 1.29 is 13.2 Å². The maximum atomic E-state index is 12.4. The lowest BCUT2D eigenvalue weighted by Gasteiger charge is -2.31. The van der Waals surface area contributed by atoms with E-state index in [1.165, 1.54) is 9.71 Å². The average Bonchev–Trinajstić information content (AvgIpc) is 2.65. The Morgan fingerprint density at radius 3 is 2.56 bits per heavy atom. The summed E-state index contributed by atoms with van der Waals surface area (Å²) in [6, 6.07) is 11.3. The molecule has 2 rings (SSSR count). The number of carbonyl (C=O) groups is 1. The van der Waals surface area contributed by atoms with Crippen molar-refractivity contribution in [2.45, 2.75) is 19.3 Å². The monoisotopic (exact) mass is 361 g/mol. The number of sulfonamides is 1. The molecule has 1 fully saturated rings. The number of piperidine rings is 1. The topological polar surface area (TPSA) is 81.5 Å². The molecule has 0 atom stereocenters. The predicted molar refractivity (Wildman–Crippen MR) is 96.6 cm³/mol. The summed E-state index contributed by atoms with van der Waals surface area (Å²) >= 11 is 0. The molecule has 1 aromatic rings. The Kier molecular flexibility index (Phi) is 6.73. The molecule has 0 N–H and O–H groups in total. The summed E-state index contributed by atoms with van der Waals surface area (Å²) in [4.78, 5) is 13.9. The number of hydrogen-bond acceptors (Lipinski definition) is 4. The van der Waals surface area contributed by atoms with Crippen LogP contribution in [-0.4, -0.2) is 50.2 Å². The molecule has 0 radical (unpaired) electrons. The number of amides is 1. The summed E-state index contributed by atoms with van der Waals surface area (Å²) in [6.45, 7) is 1.08. The van der Waals surface area contributed by atoms with E-state index in [-0.39, 0.29) is 11.8 Å². The summed E-state index contributed by atoms with van der Waals surface area (Å²) in [7, 11) is -1.79. The van der Waals surface area contributed by atoms with Crippen LogP contribution in [0.1, 0.15) is 24.8 Å². The van der Waals surface area contributed by atoms with Crippen molar-refractivity contribution in [3.8, 4) is 6.07 Å². The van der Waals surface area contributed by atoms with Crippen LogP contribution in [0.15, 0.2) is 35.7 Å². The molecule has 0 aliphatic carbocycles. The highest BCUT2D eigenvalue weighted by molar-refractivity contribution is 7.92. The predicted octanol–water partition coefficient (Wildman–Crippen LogP) is 2.07. The lowest BCUT2D eigenvalue weighted by Crippen LogP contribution is -2.43. The number of carbonyl (C=O) groups excluding carboxylic acids is 1. The van der Waals surface area contributed by atoms with Gasteiger partial charge in [0.25, 0.3) is 0 Å². The molecular weight excluding hydrogens is 338 g/mol. The van der Waals surface area contributed by atoms with Crippen molar-refractivity contribution in [1.82, 2.24) is 9.21 Å². The van der Waals surface area contributed by atoms with Gasteiger partial charge >= 0.3 is 0 Å². The lowest BCUT2D eigenvalue weighted by atomic mass is 9.96. The molecule has 1 saturated heterocycles. The zero-order chi connectivity index (χ0) is 18.3. The highest BCUT2D eigenvalue weighted by Gasteiger charge is 2.31. The van der Waals surface area contributed by atoms with Gasteiger partial charge in [-0.3, -0.25) is 4.79 Å². The van der Waals surface area contributed by atoms with E-state index in [4.69, 9.17) is 5.26 Å². The van der Waals surface area contributed by atoms with Crippen LogP contribution >= 0.6 is 0 Å². The largest absolute Gasteiger partial charge is 0.344 e. The molecule has 1 amide bonds. The Labute approximate surface area is 149 Å². The van der Waals surface area contributed by atoms with Crippen molar-refractivity contribution in [1.29, 1.82) is 5.26 Å². The van der Waals surface area contributed by atoms with E-state index in [9.17, 15) is 13.2 Å². The van der Waals surface area contributed by atoms with Gasteiger partial charge in [0.15, 0.2) is 0 Å². The smallest absolute Gasteiger partial charge is 0.236 e. The number of nitriles is 1. The van der Waals surface area contributed by atoms with Crippen LogP contribution in [0.5, 0.6) is 0 Å². The molecule has 0 saturated carbocycles. The van der Waals surface area contributed by atoms with Gasteiger partial charge in [-0.15, -0.1) is 0 Å². The van der Waals surface area contributed by atoms with Crippen LogP contribution in [-0.2, 0) is 14.8 Å². The summed E-state index contributed by atoms with van der Waals surface area (Å²) in [5, 5.41) is 9.82. The van der Waals surface area contributed by atoms with Crippen LogP contribution in [0.2, 0.25) is 0 Å². The van der Waals surface area contributed by atoms with Crippen LogP contribution in [0.25, 0.3) is 6.08 Å². The lowest BCUT2D eigenvalue weighted by molar-refractivity contribution is -0.135. The first kappa shape index (κ1) is 19.2. The minimum absolute atomic E-state index is 0.00729. The molecule has 1 aliphatic rings. The summed E-state index contributed by atoms with van der Waals surface area (Å²) in [5.41, 5.74) is 0.829.